The Labute approximate surface area is 153 Å². The van der Waals surface area contributed by atoms with Gasteiger partial charge in [-0.15, -0.1) is 5.10 Å². The number of piperidine rings is 1. The van der Waals surface area contributed by atoms with Crippen LogP contribution in [0.5, 0.6) is 0 Å². The van der Waals surface area contributed by atoms with Gasteiger partial charge in [-0.2, -0.15) is 4.98 Å². The lowest BCUT2D eigenvalue weighted by Gasteiger charge is -2.31. The predicted molar refractivity (Wildman–Crippen MR) is 98.0 cm³/mol. The minimum Gasteiger partial charge on any atom is -0.392 e. The van der Waals surface area contributed by atoms with Crippen LogP contribution in [0.3, 0.4) is 0 Å². The lowest BCUT2D eigenvalue weighted by molar-refractivity contribution is 0.174. The van der Waals surface area contributed by atoms with Crippen molar-refractivity contribution in [3.63, 3.8) is 0 Å². The molecule has 4 rings (SSSR count). The van der Waals surface area contributed by atoms with Gasteiger partial charge in [0.15, 0.2) is 0 Å². The van der Waals surface area contributed by atoms with Gasteiger partial charge in [-0.05, 0) is 25.3 Å². The van der Waals surface area contributed by atoms with Crippen LogP contribution in [0, 0.1) is 0 Å². The molecule has 2 aliphatic heterocycles. The van der Waals surface area contributed by atoms with Gasteiger partial charge in [0.1, 0.15) is 5.82 Å². The van der Waals surface area contributed by atoms with E-state index in [1.807, 2.05) is 17.8 Å². The Bertz CT molecular complexity index is 727. The SMILES string of the molecule is CNc1ccnc(N2CCC(n3cc(CN4CC[C@@H](O)C4)nn3)CC2)n1. The van der Waals surface area contributed by atoms with E-state index in [2.05, 4.69) is 41.6 Å². The predicted octanol–water partition coefficient (Wildman–Crippen LogP) is 0.518. The summed E-state index contributed by atoms with van der Waals surface area (Å²) in [6, 6.07) is 2.23. The van der Waals surface area contributed by atoms with Crippen LogP contribution in [0.1, 0.15) is 31.0 Å². The van der Waals surface area contributed by atoms with E-state index in [0.717, 1.165) is 69.4 Å². The maximum Gasteiger partial charge on any atom is 0.227 e. The van der Waals surface area contributed by atoms with E-state index < -0.39 is 0 Å². The average molecular weight is 358 g/mol. The second kappa shape index (κ2) is 7.55. The molecule has 0 bridgehead atoms. The first kappa shape index (κ1) is 17.2. The van der Waals surface area contributed by atoms with E-state index in [1.165, 1.54) is 0 Å². The highest BCUT2D eigenvalue weighted by atomic mass is 16.3. The van der Waals surface area contributed by atoms with Crippen LogP contribution in [0.2, 0.25) is 0 Å². The third-order valence-electron chi connectivity index (χ3n) is 5.21. The standard InChI is InChI=1S/C17H26N8O/c1-18-16-2-6-19-17(20-16)24-8-3-14(4-9-24)25-11-13(21-22-25)10-23-7-5-15(26)12-23/h2,6,11,14-15,26H,3-5,7-10,12H2,1H3,(H,18,19,20)/t15-/m1/s1. The zero-order chi connectivity index (χ0) is 17.9. The second-order valence-corrected chi connectivity index (χ2v) is 7.08. The summed E-state index contributed by atoms with van der Waals surface area (Å²) in [6.07, 6.45) is 6.50. The fourth-order valence-corrected chi connectivity index (χ4v) is 3.72. The number of β-amino-alcohol motifs (C(OH)–C–C–N with tert-alkyl or cyclic N) is 1. The van der Waals surface area contributed by atoms with Crippen LogP contribution < -0.4 is 10.2 Å². The van der Waals surface area contributed by atoms with Gasteiger partial charge in [-0.25, -0.2) is 9.67 Å². The fourth-order valence-electron chi connectivity index (χ4n) is 3.72. The topological polar surface area (TPSA) is 95.2 Å². The molecule has 2 saturated heterocycles. The third kappa shape index (κ3) is 3.78. The van der Waals surface area contributed by atoms with Gasteiger partial charge >= 0.3 is 0 Å². The first-order chi connectivity index (χ1) is 12.7. The summed E-state index contributed by atoms with van der Waals surface area (Å²) in [6.45, 7) is 4.24. The summed E-state index contributed by atoms with van der Waals surface area (Å²) in [5.74, 6) is 1.62. The molecule has 26 heavy (non-hydrogen) atoms. The Morgan fingerprint density at radius 2 is 2.08 bits per heavy atom. The molecule has 9 nitrogen and oxygen atoms in total. The highest BCUT2D eigenvalue weighted by molar-refractivity contribution is 5.40. The summed E-state index contributed by atoms with van der Waals surface area (Å²) in [5.41, 5.74) is 0.978. The van der Waals surface area contributed by atoms with Crippen LogP contribution in [-0.4, -0.2) is 74.3 Å². The maximum atomic E-state index is 9.64. The lowest BCUT2D eigenvalue weighted by Crippen LogP contribution is -2.36. The largest absolute Gasteiger partial charge is 0.392 e. The van der Waals surface area contributed by atoms with Crippen molar-refractivity contribution in [3.05, 3.63) is 24.2 Å². The Morgan fingerprint density at radius 1 is 1.23 bits per heavy atom. The number of hydrogen-bond donors (Lipinski definition) is 2. The molecule has 0 aromatic carbocycles. The Hall–Kier alpha value is -2.26. The Balaban J connectivity index is 1.33. The molecular weight excluding hydrogens is 332 g/mol. The maximum absolute atomic E-state index is 9.64. The highest BCUT2D eigenvalue weighted by Gasteiger charge is 2.25. The minimum absolute atomic E-state index is 0.196. The summed E-state index contributed by atoms with van der Waals surface area (Å²) >= 11 is 0. The minimum atomic E-state index is -0.196. The number of rotatable bonds is 5. The van der Waals surface area contributed by atoms with Crippen molar-refractivity contribution in [1.82, 2.24) is 29.9 Å². The molecular formula is C17H26N8O. The molecule has 0 saturated carbocycles. The number of likely N-dealkylation sites (tertiary alicyclic amines) is 1. The van der Waals surface area contributed by atoms with Gasteiger partial charge in [-0.3, -0.25) is 4.90 Å². The van der Waals surface area contributed by atoms with Crippen LogP contribution in [0.25, 0.3) is 0 Å². The van der Waals surface area contributed by atoms with Gasteiger partial charge in [0.25, 0.3) is 0 Å². The number of aromatic nitrogens is 5. The van der Waals surface area contributed by atoms with Gasteiger partial charge in [0, 0.05) is 46.0 Å². The van der Waals surface area contributed by atoms with Gasteiger partial charge in [0.2, 0.25) is 5.95 Å². The number of aliphatic hydroxyl groups excluding tert-OH is 1. The third-order valence-corrected chi connectivity index (χ3v) is 5.21. The Morgan fingerprint density at radius 3 is 2.81 bits per heavy atom. The second-order valence-electron chi connectivity index (χ2n) is 7.08. The molecule has 2 fully saturated rings. The molecule has 1 atom stereocenters. The molecule has 2 aromatic rings. The van der Waals surface area contributed by atoms with Crippen molar-refractivity contribution in [2.75, 3.05) is 43.4 Å². The van der Waals surface area contributed by atoms with E-state index in [9.17, 15) is 5.11 Å². The molecule has 0 radical (unpaired) electrons. The van der Waals surface area contributed by atoms with E-state index in [0.29, 0.717) is 6.04 Å². The molecule has 140 valence electrons. The fraction of sp³-hybridized carbons (Fsp3) is 0.647. The van der Waals surface area contributed by atoms with Crippen molar-refractivity contribution in [3.8, 4) is 0 Å². The van der Waals surface area contributed by atoms with Crippen LogP contribution in [-0.2, 0) is 6.54 Å². The first-order valence-electron chi connectivity index (χ1n) is 9.28. The van der Waals surface area contributed by atoms with E-state index in [-0.39, 0.29) is 6.10 Å². The number of anilines is 2. The average Bonchev–Trinajstić information content (AvgIpc) is 3.31. The number of nitrogens with one attached hydrogen (secondary N) is 1. The molecule has 2 aliphatic rings. The van der Waals surface area contributed by atoms with Crippen molar-refractivity contribution < 1.29 is 5.11 Å². The van der Waals surface area contributed by atoms with Crippen molar-refractivity contribution in [1.29, 1.82) is 0 Å². The van der Waals surface area contributed by atoms with E-state index >= 15 is 0 Å². The van der Waals surface area contributed by atoms with Crippen molar-refractivity contribution in [2.24, 2.45) is 0 Å². The van der Waals surface area contributed by atoms with Crippen LogP contribution >= 0.6 is 0 Å². The summed E-state index contributed by atoms with van der Waals surface area (Å²) in [7, 11) is 1.86. The zero-order valence-corrected chi connectivity index (χ0v) is 15.1. The number of hydrogen-bond acceptors (Lipinski definition) is 8. The van der Waals surface area contributed by atoms with Crippen molar-refractivity contribution in [2.45, 2.75) is 38.0 Å². The first-order valence-corrected chi connectivity index (χ1v) is 9.28. The van der Waals surface area contributed by atoms with E-state index in [1.54, 1.807) is 6.20 Å². The zero-order valence-electron chi connectivity index (χ0n) is 15.1. The summed E-state index contributed by atoms with van der Waals surface area (Å²) in [4.78, 5) is 13.4. The molecule has 4 heterocycles. The highest BCUT2D eigenvalue weighted by Crippen LogP contribution is 2.24. The molecule has 0 aliphatic carbocycles. The molecule has 0 unspecified atom stereocenters. The normalized spacial score (nSPS) is 22.1. The Kier molecular flexibility index (Phi) is 4.98. The van der Waals surface area contributed by atoms with Crippen LogP contribution in [0.15, 0.2) is 18.5 Å². The van der Waals surface area contributed by atoms with Gasteiger partial charge in [0.05, 0.1) is 24.0 Å². The quantitative estimate of drug-likeness (QED) is 0.799. The van der Waals surface area contributed by atoms with Crippen LogP contribution in [0.4, 0.5) is 11.8 Å². The van der Waals surface area contributed by atoms with Gasteiger partial charge in [-0.1, -0.05) is 5.21 Å². The molecule has 0 spiro atoms. The molecule has 0 amide bonds. The van der Waals surface area contributed by atoms with E-state index in [4.69, 9.17) is 0 Å². The molecule has 2 N–H and O–H groups in total. The van der Waals surface area contributed by atoms with Gasteiger partial charge < -0.3 is 15.3 Å². The molecule has 9 heteroatoms. The monoisotopic (exact) mass is 358 g/mol. The smallest absolute Gasteiger partial charge is 0.227 e. The number of nitrogens with zero attached hydrogens (tertiary/aromatic N) is 7. The molecule has 2 aromatic heterocycles. The van der Waals surface area contributed by atoms with Crippen molar-refractivity contribution >= 4 is 11.8 Å². The summed E-state index contributed by atoms with van der Waals surface area (Å²) in [5, 5.41) is 21.4. The summed E-state index contributed by atoms with van der Waals surface area (Å²) < 4.78 is 2.00. The number of aliphatic hydroxyl groups is 1. The lowest BCUT2D eigenvalue weighted by atomic mass is 10.1.